The topological polar surface area (TPSA) is 87.4 Å². The van der Waals surface area contributed by atoms with Gasteiger partial charge in [0.05, 0.1) is 0 Å². The van der Waals surface area contributed by atoms with Crippen LogP contribution in [0, 0.1) is 0 Å². The number of carbonyl (C=O) groups is 2. The van der Waals surface area contributed by atoms with Crippen LogP contribution in [-0.4, -0.2) is 21.3 Å². The van der Waals surface area contributed by atoms with Gasteiger partial charge < -0.3 is 4.74 Å². The number of ether oxygens (including phenoxy) is 1. The van der Waals surface area contributed by atoms with Crippen LogP contribution in [-0.2, 0) is 27.4 Å². The maximum absolute atomic E-state index is 11.3. The molecule has 7 heteroatoms. The van der Waals surface area contributed by atoms with Crippen LogP contribution in [0.25, 0.3) is 0 Å². The van der Waals surface area contributed by atoms with E-state index in [-0.39, 0.29) is 0 Å². The van der Waals surface area contributed by atoms with Crippen LogP contribution in [0.1, 0.15) is 0 Å². The van der Waals surface area contributed by atoms with Crippen molar-refractivity contribution in [2.24, 2.45) is 0 Å². The highest BCUT2D eigenvalue weighted by Crippen LogP contribution is 1.94. The molecule has 1 aromatic rings. The second-order valence-corrected chi connectivity index (χ2v) is 2.97. The second kappa shape index (κ2) is 3.19. The molecule has 15 heavy (non-hydrogen) atoms. The summed E-state index contributed by atoms with van der Waals surface area (Å²) in [5, 5.41) is 0. The van der Waals surface area contributed by atoms with Gasteiger partial charge in [0.1, 0.15) is 13.1 Å². The third kappa shape index (κ3) is 1.58. The highest BCUT2D eigenvalue weighted by atomic mass is 16.6. The first-order chi connectivity index (χ1) is 7.08. The highest BCUT2D eigenvalue weighted by Gasteiger charge is 2.21. The Balaban J connectivity index is 2.70. The standard InChI is InChI=1S/C8H6N2O5/c11-5-1-2-6(12)10-4-8(14)15-7(13)3-9(5)10/h1-2H,3-4H2. The van der Waals surface area contributed by atoms with E-state index in [1.54, 1.807) is 0 Å². The Bertz CT molecular complexity index is 504. The molecule has 1 aliphatic rings. The average molecular weight is 210 g/mol. The minimum absolute atomic E-state index is 0.430. The molecule has 0 atom stereocenters. The van der Waals surface area contributed by atoms with Crippen LogP contribution in [0.2, 0.25) is 0 Å². The largest absolute Gasteiger partial charge is 0.390 e. The molecule has 0 bridgehead atoms. The van der Waals surface area contributed by atoms with Crippen LogP contribution in [0.3, 0.4) is 0 Å². The van der Waals surface area contributed by atoms with E-state index in [9.17, 15) is 19.2 Å². The molecule has 0 aromatic carbocycles. The maximum atomic E-state index is 11.3. The van der Waals surface area contributed by atoms with Gasteiger partial charge in [0.15, 0.2) is 0 Å². The summed E-state index contributed by atoms with van der Waals surface area (Å²) < 4.78 is 6.08. The lowest BCUT2D eigenvalue weighted by Crippen LogP contribution is -2.38. The molecule has 1 aliphatic heterocycles. The van der Waals surface area contributed by atoms with Crippen molar-refractivity contribution in [3.05, 3.63) is 32.8 Å². The van der Waals surface area contributed by atoms with E-state index in [0.717, 1.165) is 21.5 Å². The minimum atomic E-state index is -0.848. The molecule has 78 valence electrons. The van der Waals surface area contributed by atoms with Crippen LogP contribution in [0.5, 0.6) is 0 Å². The SMILES string of the molecule is O=C1Cn2c(=O)ccc(=O)n2CC(=O)O1. The van der Waals surface area contributed by atoms with Gasteiger partial charge in [-0.1, -0.05) is 0 Å². The number of cyclic esters (lactones) is 2. The molecule has 0 saturated heterocycles. The Hall–Kier alpha value is -2.18. The summed E-state index contributed by atoms with van der Waals surface area (Å²) in [6, 6.07) is 2.09. The Morgan fingerprint density at radius 1 is 0.867 bits per heavy atom. The zero-order chi connectivity index (χ0) is 11.0. The molecule has 0 amide bonds. The van der Waals surface area contributed by atoms with Crippen LogP contribution in [0.4, 0.5) is 0 Å². The summed E-state index contributed by atoms with van der Waals surface area (Å²) in [4.78, 5) is 44.6. The summed E-state index contributed by atoms with van der Waals surface area (Å²) in [5.74, 6) is -1.70. The minimum Gasteiger partial charge on any atom is -0.390 e. The van der Waals surface area contributed by atoms with Crippen molar-refractivity contribution in [1.29, 1.82) is 0 Å². The Morgan fingerprint density at radius 3 is 1.67 bits per heavy atom. The number of fused-ring (bicyclic) bond motifs is 1. The fraction of sp³-hybridized carbons (Fsp3) is 0.250. The summed E-state index contributed by atoms with van der Waals surface area (Å²) in [6.07, 6.45) is 0. The van der Waals surface area contributed by atoms with E-state index >= 15 is 0 Å². The molecule has 0 radical (unpaired) electrons. The predicted molar refractivity (Wildman–Crippen MR) is 46.1 cm³/mol. The van der Waals surface area contributed by atoms with Crippen molar-refractivity contribution < 1.29 is 14.3 Å². The van der Waals surface area contributed by atoms with Crippen molar-refractivity contribution in [1.82, 2.24) is 9.36 Å². The lowest BCUT2D eigenvalue weighted by molar-refractivity contribution is -0.158. The molecule has 0 spiro atoms. The number of aromatic nitrogens is 2. The number of esters is 2. The lowest BCUT2D eigenvalue weighted by atomic mass is 10.5. The first kappa shape index (κ1) is 9.38. The summed E-state index contributed by atoms with van der Waals surface area (Å²) in [7, 11) is 0. The number of hydrogen-bond donors (Lipinski definition) is 0. The van der Waals surface area contributed by atoms with Gasteiger partial charge in [0.25, 0.3) is 11.1 Å². The van der Waals surface area contributed by atoms with E-state index in [1.807, 2.05) is 0 Å². The molecule has 0 fully saturated rings. The third-order valence-corrected chi connectivity index (χ3v) is 1.95. The fourth-order valence-corrected chi connectivity index (χ4v) is 1.32. The number of carbonyl (C=O) groups excluding carboxylic acids is 2. The van der Waals surface area contributed by atoms with E-state index in [1.165, 1.54) is 0 Å². The Kier molecular flexibility index (Phi) is 2.00. The summed E-state index contributed by atoms with van der Waals surface area (Å²) in [6.45, 7) is -0.860. The van der Waals surface area contributed by atoms with Gasteiger partial charge in [-0.3, -0.25) is 9.59 Å². The number of rotatable bonds is 0. The van der Waals surface area contributed by atoms with Gasteiger partial charge in [-0.15, -0.1) is 0 Å². The first-order valence-electron chi connectivity index (χ1n) is 4.12. The molecule has 2 rings (SSSR count). The van der Waals surface area contributed by atoms with E-state index < -0.39 is 36.1 Å². The van der Waals surface area contributed by atoms with Gasteiger partial charge in [-0.25, -0.2) is 19.0 Å². The van der Waals surface area contributed by atoms with Gasteiger partial charge in [-0.05, 0) is 0 Å². The van der Waals surface area contributed by atoms with Crippen LogP contribution in [0.15, 0.2) is 21.7 Å². The highest BCUT2D eigenvalue weighted by molar-refractivity contribution is 5.85. The zero-order valence-corrected chi connectivity index (χ0v) is 7.50. The molecule has 0 N–H and O–H groups in total. The first-order valence-corrected chi connectivity index (χ1v) is 4.12. The maximum Gasteiger partial charge on any atom is 0.335 e. The summed E-state index contributed by atoms with van der Waals surface area (Å²) in [5.41, 5.74) is -1.05. The smallest absolute Gasteiger partial charge is 0.335 e. The summed E-state index contributed by atoms with van der Waals surface area (Å²) >= 11 is 0. The normalized spacial score (nSPS) is 15.5. The molecule has 0 unspecified atom stereocenters. The number of hydrogen-bond acceptors (Lipinski definition) is 5. The molecular formula is C8H6N2O5. The molecule has 0 aliphatic carbocycles. The van der Waals surface area contributed by atoms with Gasteiger partial charge >= 0.3 is 11.9 Å². The van der Waals surface area contributed by atoms with Crippen LogP contribution >= 0.6 is 0 Å². The lowest BCUT2D eigenvalue weighted by Gasteiger charge is -2.06. The monoisotopic (exact) mass is 210 g/mol. The molecular weight excluding hydrogens is 204 g/mol. The molecule has 2 heterocycles. The van der Waals surface area contributed by atoms with E-state index in [4.69, 9.17) is 0 Å². The van der Waals surface area contributed by atoms with E-state index in [2.05, 4.69) is 4.74 Å². The average Bonchev–Trinajstić information content (AvgIpc) is 2.31. The van der Waals surface area contributed by atoms with Crippen LogP contribution < -0.4 is 11.1 Å². The molecule has 0 saturated carbocycles. The van der Waals surface area contributed by atoms with Crippen molar-refractivity contribution in [2.75, 3.05) is 0 Å². The number of nitrogens with zero attached hydrogens (tertiary/aromatic N) is 2. The quantitative estimate of drug-likeness (QED) is 0.368. The predicted octanol–water partition coefficient (Wildman–Crippen LogP) is -1.91. The van der Waals surface area contributed by atoms with Crippen molar-refractivity contribution in [2.45, 2.75) is 13.1 Å². The zero-order valence-electron chi connectivity index (χ0n) is 7.50. The van der Waals surface area contributed by atoms with Gasteiger partial charge in [0.2, 0.25) is 0 Å². The molecule has 7 nitrogen and oxygen atoms in total. The fourth-order valence-electron chi connectivity index (χ4n) is 1.32. The van der Waals surface area contributed by atoms with Gasteiger partial charge in [-0.2, -0.15) is 0 Å². The van der Waals surface area contributed by atoms with Crippen molar-refractivity contribution >= 4 is 11.9 Å². The van der Waals surface area contributed by atoms with E-state index in [0.29, 0.717) is 0 Å². The van der Waals surface area contributed by atoms with Crippen molar-refractivity contribution in [3.8, 4) is 0 Å². The molecule has 1 aromatic heterocycles. The Labute approximate surface area is 82.5 Å². The second-order valence-electron chi connectivity index (χ2n) is 2.97. The Morgan fingerprint density at radius 2 is 1.27 bits per heavy atom. The van der Waals surface area contributed by atoms with Crippen molar-refractivity contribution in [3.63, 3.8) is 0 Å². The third-order valence-electron chi connectivity index (χ3n) is 1.95. The van der Waals surface area contributed by atoms with Gasteiger partial charge in [0, 0.05) is 12.1 Å².